The molecule has 0 bridgehead atoms. The van der Waals surface area contributed by atoms with Gasteiger partial charge in [-0.1, -0.05) is 5.92 Å². The van der Waals surface area contributed by atoms with Crippen LogP contribution in [0.3, 0.4) is 0 Å². The van der Waals surface area contributed by atoms with Crippen LogP contribution in [-0.2, 0) is 0 Å². The Bertz CT molecular complexity index is 221. The largest absolute Gasteiger partial charge is 0.316 e. The monoisotopic (exact) mass is 206 g/mol. The molecule has 2 fully saturated rings. The zero-order valence-corrected chi connectivity index (χ0v) is 9.54. The highest BCUT2D eigenvalue weighted by atomic mass is 15.1. The van der Waals surface area contributed by atoms with Gasteiger partial charge in [0.25, 0.3) is 0 Å². The van der Waals surface area contributed by atoms with E-state index in [0.29, 0.717) is 0 Å². The number of terminal acetylenes is 1. The fourth-order valence-electron chi connectivity index (χ4n) is 2.36. The van der Waals surface area contributed by atoms with E-state index in [-0.39, 0.29) is 0 Å². The van der Waals surface area contributed by atoms with Crippen molar-refractivity contribution in [3.05, 3.63) is 0 Å². The van der Waals surface area contributed by atoms with E-state index in [2.05, 4.69) is 16.1 Å². The van der Waals surface area contributed by atoms with E-state index < -0.39 is 0 Å². The van der Waals surface area contributed by atoms with Crippen molar-refractivity contribution < 1.29 is 0 Å². The average Bonchev–Trinajstić information content (AvgIpc) is 2.90. The predicted molar refractivity (Wildman–Crippen MR) is 63.6 cm³/mol. The van der Waals surface area contributed by atoms with Crippen molar-refractivity contribution in [3.63, 3.8) is 0 Å². The average molecular weight is 206 g/mol. The normalized spacial score (nSPS) is 25.7. The minimum atomic E-state index is 0.844. The van der Waals surface area contributed by atoms with Crippen LogP contribution in [0.5, 0.6) is 0 Å². The zero-order chi connectivity index (χ0) is 10.5. The molecule has 0 aromatic rings. The SMILES string of the molecule is C#CCN(CCC1CCNC1)CC1CC1. The van der Waals surface area contributed by atoms with Crippen LogP contribution in [0.1, 0.15) is 25.7 Å². The smallest absolute Gasteiger partial charge is 0.0599 e. The number of hydrogen-bond donors (Lipinski definition) is 1. The molecule has 1 unspecified atom stereocenters. The van der Waals surface area contributed by atoms with Crippen LogP contribution in [0.4, 0.5) is 0 Å². The third-order valence-corrected chi connectivity index (χ3v) is 3.54. The summed E-state index contributed by atoms with van der Waals surface area (Å²) in [4.78, 5) is 2.47. The molecule has 0 radical (unpaired) electrons. The molecule has 0 aromatic heterocycles. The fourth-order valence-corrected chi connectivity index (χ4v) is 2.36. The van der Waals surface area contributed by atoms with Gasteiger partial charge in [0, 0.05) is 6.54 Å². The van der Waals surface area contributed by atoms with E-state index in [1.54, 1.807) is 0 Å². The van der Waals surface area contributed by atoms with Gasteiger partial charge in [0.1, 0.15) is 0 Å². The molecule has 0 amide bonds. The van der Waals surface area contributed by atoms with E-state index in [0.717, 1.165) is 18.4 Å². The van der Waals surface area contributed by atoms with Crippen LogP contribution in [0.15, 0.2) is 0 Å². The van der Waals surface area contributed by atoms with Gasteiger partial charge in [-0.05, 0) is 57.2 Å². The minimum Gasteiger partial charge on any atom is -0.316 e. The van der Waals surface area contributed by atoms with Crippen LogP contribution < -0.4 is 5.32 Å². The Balaban J connectivity index is 1.65. The van der Waals surface area contributed by atoms with Gasteiger partial charge < -0.3 is 5.32 Å². The molecule has 1 saturated heterocycles. The van der Waals surface area contributed by atoms with Gasteiger partial charge in [0.05, 0.1) is 6.54 Å². The lowest BCUT2D eigenvalue weighted by Gasteiger charge is -2.21. The summed E-state index contributed by atoms with van der Waals surface area (Å²) in [5.41, 5.74) is 0. The van der Waals surface area contributed by atoms with Crippen molar-refractivity contribution in [1.29, 1.82) is 0 Å². The van der Waals surface area contributed by atoms with Crippen molar-refractivity contribution in [3.8, 4) is 12.3 Å². The fraction of sp³-hybridized carbons (Fsp3) is 0.846. The Morgan fingerprint density at radius 3 is 2.73 bits per heavy atom. The van der Waals surface area contributed by atoms with Crippen molar-refractivity contribution in [2.45, 2.75) is 25.7 Å². The van der Waals surface area contributed by atoms with Crippen LogP contribution in [-0.4, -0.2) is 37.6 Å². The highest BCUT2D eigenvalue weighted by Crippen LogP contribution is 2.29. The van der Waals surface area contributed by atoms with Gasteiger partial charge in [-0.2, -0.15) is 0 Å². The van der Waals surface area contributed by atoms with Crippen LogP contribution in [0.2, 0.25) is 0 Å². The standard InChI is InChI=1S/C13H22N2/c1-2-8-15(11-13-3-4-13)9-6-12-5-7-14-10-12/h1,12-14H,3-11H2. The molecule has 15 heavy (non-hydrogen) atoms. The molecule has 1 heterocycles. The van der Waals surface area contributed by atoms with Crippen LogP contribution >= 0.6 is 0 Å². The molecular formula is C13H22N2. The molecular weight excluding hydrogens is 184 g/mol. The Hall–Kier alpha value is -0.520. The lowest BCUT2D eigenvalue weighted by atomic mass is 10.0. The number of hydrogen-bond acceptors (Lipinski definition) is 2. The van der Waals surface area contributed by atoms with Crippen molar-refractivity contribution in [2.75, 3.05) is 32.7 Å². The van der Waals surface area contributed by atoms with Gasteiger partial charge in [-0.25, -0.2) is 0 Å². The summed E-state index contributed by atoms with van der Waals surface area (Å²) in [6.45, 7) is 5.71. The van der Waals surface area contributed by atoms with Crippen LogP contribution in [0, 0.1) is 24.2 Å². The van der Waals surface area contributed by atoms with E-state index in [4.69, 9.17) is 6.42 Å². The summed E-state index contributed by atoms with van der Waals surface area (Å²) in [7, 11) is 0. The van der Waals surface area contributed by atoms with E-state index in [9.17, 15) is 0 Å². The summed E-state index contributed by atoms with van der Waals surface area (Å²) in [5, 5.41) is 3.42. The Morgan fingerprint density at radius 1 is 1.27 bits per heavy atom. The molecule has 84 valence electrons. The third-order valence-electron chi connectivity index (χ3n) is 3.54. The summed E-state index contributed by atoms with van der Waals surface area (Å²) in [5.74, 6) is 4.64. The number of nitrogens with one attached hydrogen (secondary N) is 1. The number of rotatable bonds is 6. The van der Waals surface area contributed by atoms with Gasteiger partial charge >= 0.3 is 0 Å². The van der Waals surface area contributed by atoms with Gasteiger partial charge in [-0.3, -0.25) is 4.90 Å². The second-order valence-corrected chi connectivity index (χ2v) is 5.03. The molecule has 1 aliphatic heterocycles. The second kappa shape index (κ2) is 5.53. The molecule has 0 spiro atoms. The number of nitrogens with zero attached hydrogens (tertiary/aromatic N) is 1. The topological polar surface area (TPSA) is 15.3 Å². The van der Waals surface area contributed by atoms with Crippen molar-refractivity contribution in [2.24, 2.45) is 11.8 Å². The maximum Gasteiger partial charge on any atom is 0.0599 e. The maximum atomic E-state index is 5.41. The second-order valence-electron chi connectivity index (χ2n) is 5.03. The first-order chi connectivity index (χ1) is 7.38. The first kappa shape index (κ1) is 11.0. The molecule has 1 aliphatic carbocycles. The minimum absolute atomic E-state index is 0.844. The molecule has 1 N–H and O–H groups in total. The first-order valence-corrected chi connectivity index (χ1v) is 6.25. The third kappa shape index (κ3) is 3.85. The molecule has 1 atom stereocenters. The molecule has 0 aromatic carbocycles. The molecule has 2 heteroatoms. The molecule has 1 saturated carbocycles. The molecule has 2 rings (SSSR count). The molecule has 2 aliphatic rings. The summed E-state index contributed by atoms with van der Waals surface area (Å²) in [6.07, 6.45) is 10.9. The van der Waals surface area contributed by atoms with Gasteiger partial charge in [0.15, 0.2) is 0 Å². The first-order valence-electron chi connectivity index (χ1n) is 6.25. The van der Waals surface area contributed by atoms with Gasteiger partial charge in [-0.15, -0.1) is 6.42 Å². The Kier molecular flexibility index (Phi) is 4.05. The lowest BCUT2D eigenvalue weighted by molar-refractivity contribution is 0.272. The zero-order valence-electron chi connectivity index (χ0n) is 9.54. The van der Waals surface area contributed by atoms with E-state index in [1.807, 2.05) is 0 Å². The molecule has 2 nitrogen and oxygen atoms in total. The van der Waals surface area contributed by atoms with Gasteiger partial charge in [0.2, 0.25) is 0 Å². The Labute approximate surface area is 93.4 Å². The summed E-state index contributed by atoms with van der Waals surface area (Å²) in [6, 6.07) is 0. The van der Waals surface area contributed by atoms with E-state index in [1.165, 1.54) is 51.9 Å². The summed E-state index contributed by atoms with van der Waals surface area (Å²) >= 11 is 0. The predicted octanol–water partition coefficient (Wildman–Crippen LogP) is 1.33. The highest BCUT2D eigenvalue weighted by Gasteiger charge is 2.24. The Morgan fingerprint density at radius 2 is 2.13 bits per heavy atom. The highest BCUT2D eigenvalue weighted by molar-refractivity contribution is 4.90. The van der Waals surface area contributed by atoms with Crippen molar-refractivity contribution >= 4 is 0 Å². The lowest BCUT2D eigenvalue weighted by Crippen LogP contribution is -2.29. The van der Waals surface area contributed by atoms with E-state index >= 15 is 0 Å². The summed E-state index contributed by atoms with van der Waals surface area (Å²) < 4.78 is 0. The maximum absolute atomic E-state index is 5.41. The quantitative estimate of drug-likeness (QED) is 0.660. The van der Waals surface area contributed by atoms with Crippen molar-refractivity contribution in [1.82, 2.24) is 10.2 Å². The van der Waals surface area contributed by atoms with Crippen LogP contribution in [0.25, 0.3) is 0 Å².